The molecule has 0 amide bonds. The largest absolute Gasteiger partial charge is 0.466 e. The molecule has 1 saturated heterocycles. The maximum Gasteiger partial charge on any atom is 0.332 e. The zero-order chi connectivity index (χ0) is 14.5. The lowest BCUT2D eigenvalue weighted by atomic mass is 10.3. The predicted molar refractivity (Wildman–Crippen MR) is 83.5 cm³/mol. The van der Waals surface area contributed by atoms with Gasteiger partial charge in [-0.1, -0.05) is 23.4 Å². The van der Waals surface area contributed by atoms with Gasteiger partial charge in [0.1, 0.15) is 0 Å². The van der Waals surface area contributed by atoms with Gasteiger partial charge >= 0.3 is 5.97 Å². The van der Waals surface area contributed by atoms with Gasteiger partial charge in [0.05, 0.1) is 12.8 Å². The second kappa shape index (κ2) is 6.81. The Morgan fingerprint density at radius 2 is 2.20 bits per heavy atom. The zero-order valence-corrected chi connectivity index (χ0v) is 12.9. The summed E-state index contributed by atoms with van der Waals surface area (Å²) >= 11 is 7.46. The number of hydrogen-bond acceptors (Lipinski definition) is 4. The molecule has 6 heteroatoms. The fourth-order valence-electron chi connectivity index (χ4n) is 1.79. The molecular weight excluding hydrogens is 296 g/mol. The van der Waals surface area contributed by atoms with Crippen LogP contribution in [0.15, 0.2) is 41.0 Å². The number of benzene rings is 1. The summed E-state index contributed by atoms with van der Waals surface area (Å²) in [4.78, 5) is 17.9. The number of esters is 1. The Kier molecular flexibility index (Phi) is 5.09. The number of rotatable bonds is 3. The molecular formula is C14H15ClN2O2S. The first-order valence-electron chi connectivity index (χ1n) is 6.17. The Morgan fingerprint density at radius 1 is 1.50 bits per heavy atom. The minimum atomic E-state index is -0.341. The van der Waals surface area contributed by atoms with Gasteiger partial charge in [0, 0.05) is 29.1 Å². The van der Waals surface area contributed by atoms with Gasteiger partial charge in [-0.15, -0.1) is 0 Å². The normalized spacial score (nSPS) is 18.9. The van der Waals surface area contributed by atoms with Crippen LogP contribution in [-0.4, -0.2) is 35.4 Å². The first-order valence-corrected chi connectivity index (χ1v) is 7.53. The van der Waals surface area contributed by atoms with Gasteiger partial charge in [0.15, 0.2) is 5.17 Å². The van der Waals surface area contributed by atoms with E-state index in [0.717, 1.165) is 28.8 Å². The van der Waals surface area contributed by atoms with Crippen molar-refractivity contribution in [3.8, 4) is 0 Å². The quantitative estimate of drug-likeness (QED) is 0.633. The highest BCUT2D eigenvalue weighted by atomic mass is 35.5. The summed E-state index contributed by atoms with van der Waals surface area (Å²) < 4.78 is 4.67. The van der Waals surface area contributed by atoms with Crippen molar-refractivity contribution in [1.29, 1.82) is 0 Å². The van der Waals surface area contributed by atoms with Crippen molar-refractivity contribution in [2.45, 2.75) is 6.92 Å². The fourth-order valence-corrected chi connectivity index (χ4v) is 3.00. The molecule has 1 fully saturated rings. The summed E-state index contributed by atoms with van der Waals surface area (Å²) in [6.45, 7) is 2.77. The summed E-state index contributed by atoms with van der Waals surface area (Å²) in [5.41, 5.74) is 1.76. The molecule has 106 valence electrons. The zero-order valence-electron chi connectivity index (χ0n) is 11.3. The maximum absolute atomic E-state index is 11.3. The van der Waals surface area contributed by atoms with Crippen LogP contribution in [0.3, 0.4) is 0 Å². The van der Waals surface area contributed by atoms with Gasteiger partial charge in [-0.3, -0.25) is 0 Å². The van der Waals surface area contributed by atoms with Crippen molar-refractivity contribution in [3.63, 3.8) is 0 Å². The van der Waals surface area contributed by atoms with Crippen molar-refractivity contribution in [3.05, 3.63) is 41.1 Å². The Bertz CT molecular complexity index is 555. The number of nitrogens with zero attached hydrogens (tertiary/aromatic N) is 2. The molecule has 1 aliphatic heterocycles. The van der Waals surface area contributed by atoms with Crippen molar-refractivity contribution >= 4 is 40.2 Å². The van der Waals surface area contributed by atoms with E-state index < -0.39 is 0 Å². The molecule has 0 bridgehead atoms. The fraction of sp³-hybridized carbons (Fsp3) is 0.286. The van der Waals surface area contributed by atoms with E-state index in [1.807, 2.05) is 36.1 Å². The van der Waals surface area contributed by atoms with E-state index in [0.29, 0.717) is 5.02 Å². The number of ether oxygens (including phenoxy) is 1. The predicted octanol–water partition coefficient (Wildman–Crippen LogP) is 3.45. The molecule has 1 aliphatic rings. The van der Waals surface area contributed by atoms with E-state index >= 15 is 0 Å². The van der Waals surface area contributed by atoms with Crippen LogP contribution >= 0.6 is 23.4 Å². The highest BCUT2D eigenvalue weighted by molar-refractivity contribution is 8.14. The van der Waals surface area contributed by atoms with Crippen LogP contribution in [0, 0.1) is 0 Å². The number of methoxy groups -OCH3 is 1. The molecule has 1 heterocycles. The van der Waals surface area contributed by atoms with Gasteiger partial charge in [-0.25, -0.2) is 9.79 Å². The lowest BCUT2D eigenvalue weighted by molar-refractivity contribution is -0.134. The Hall–Kier alpha value is -1.46. The highest BCUT2D eigenvalue weighted by Gasteiger charge is 2.24. The third-order valence-corrected chi connectivity index (χ3v) is 4.04. The lowest BCUT2D eigenvalue weighted by Gasteiger charge is -2.17. The van der Waals surface area contributed by atoms with E-state index in [1.54, 1.807) is 11.8 Å². The molecule has 0 N–H and O–H groups in total. The summed E-state index contributed by atoms with van der Waals surface area (Å²) in [7, 11) is 1.38. The molecule has 0 radical (unpaired) electrons. The summed E-state index contributed by atoms with van der Waals surface area (Å²) in [5, 5.41) is 1.57. The van der Waals surface area contributed by atoms with Gasteiger partial charge < -0.3 is 9.64 Å². The third-order valence-electron chi connectivity index (χ3n) is 2.78. The first-order chi connectivity index (χ1) is 9.63. The summed E-state index contributed by atoms with van der Waals surface area (Å²) in [6.07, 6.45) is 1.51. The second-order valence-corrected chi connectivity index (χ2v) is 5.44. The molecule has 1 aromatic carbocycles. The lowest BCUT2D eigenvalue weighted by Crippen LogP contribution is -2.23. The average Bonchev–Trinajstić information content (AvgIpc) is 2.83. The topological polar surface area (TPSA) is 41.9 Å². The van der Waals surface area contributed by atoms with E-state index in [4.69, 9.17) is 11.6 Å². The van der Waals surface area contributed by atoms with Crippen LogP contribution in [-0.2, 0) is 9.53 Å². The second-order valence-electron chi connectivity index (χ2n) is 4.06. The number of halogens is 1. The number of carbonyl (C=O) groups excluding carboxylic acids is 1. The Morgan fingerprint density at radius 3 is 2.80 bits per heavy atom. The van der Waals surface area contributed by atoms with Crippen LogP contribution in [0.25, 0.3) is 0 Å². The van der Waals surface area contributed by atoms with E-state index in [2.05, 4.69) is 9.73 Å². The minimum absolute atomic E-state index is 0.341. The van der Waals surface area contributed by atoms with Crippen molar-refractivity contribution < 1.29 is 9.53 Å². The molecule has 20 heavy (non-hydrogen) atoms. The first kappa shape index (κ1) is 14.9. The number of hydrogen-bond donors (Lipinski definition) is 0. The SMILES string of the molecule is CCN1C(=Nc2ccc(Cl)cc2)SC/C1=C\C(=O)OC. The number of amidine groups is 1. The Labute approximate surface area is 127 Å². The van der Waals surface area contributed by atoms with Gasteiger partial charge in [0.25, 0.3) is 0 Å². The monoisotopic (exact) mass is 310 g/mol. The standard InChI is InChI=1S/C14H15ClN2O2S/c1-3-17-12(8-13(18)19-2)9-20-14(17)16-11-6-4-10(15)5-7-11/h4-8H,3,9H2,1-2H3/b12-8+,16-14?. The number of carbonyl (C=O) groups is 1. The molecule has 0 spiro atoms. The molecule has 0 aliphatic carbocycles. The highest BCUT2D eigenvalue weighted by Crippen LogP contribution is 2.29. The summed E-state index contributed by atoms with van der Waals surface area (Å²) in [5.74, 6) is 0.377. The molecule has 0 atom stereocenters. The molecule has 4 nitrogen and oxygen atoms in total. The van der Waals surface area contributed by atoms with Gasteiger partial charge in [0.2, 0.25) is 0 Å². The molecule has 2 rings (SSSR count). The number of thioether (sulfide) groups is 1. The maximum atomic E-state index is 11.3. The van der Waals surface area contributed by atoms with E-state index in [1.165, 1.54) is 13.2 Å². The number of aliphatic imine (C=N–C) groups is 1. The van der Waals surface area contributed by atoms with Crippen LogP contribution < -0.4 is 0 Å². The van der Waals surface area contributed by atoms with Crippen LogP contribution in [0.4, 0.5) is 5.69 Å². The summed E-state index contributed by atoms with van der Waals surface area (Å²) in [6, 6.07) is 7.35. The Balaban J connectivity index is 2.23. The van der Waals surface area contributed by atoms with E-state index in [-0.39, 0.29) is 5.97 Å². The van der Waals surface area contributed by atoms with Crippen molar-refractivity contribution in [1.82, 2.24) is 4.90 Å². The van der Waals surface area contributed by atoms with Crippen LogP contribution in [0.2, 0.25) is 5.02 Å². The molecule has 0 saturated carbocycles. The van der Waals surface area contributed by atoms with Gasteiger partial charge in [-0.05, 0) is 31.2 Å². The van der Waals surface area contributed by atoms with Gasteiger partial charge in [-0.2, -0.15) is 0 Å². The smallest absolute Gasteiger partial charge is 0.332 e. The van der Waals surface area contributed by atoms with Crippen molar-refractivity contribution in [2.75, 3.05) is 19.4 Å². The average molecular weight is 311 g/mol. The minimum Gasteiger partial charge on any atom is -0.466 e. The van der Waals surface area contributed by atoms with Crippen LogP contribution in [0.1, 0.15) is 6.92 Å². The molecule has 1 aromatic rings. The third kappa shape index (κ3) is 3.55. The van der Waals surface area contributed by atoms with Crippen molar-refractivity contribution in [2.24, 2.45) is 4.99 Å². The van der Waals surface area contributed by atoms with E-state index in [9.17, 15) is 4.79 Å². The molecule has 0 aromatic heterocycles. The molecule has 0 unspecified atom stereocenters. The van der Waals surface area contributed by atoms with Crippen LogP contribution in [0.5, 0.6) is 0 Å².